The minimum atomic E-state index is 0.0161. The van der Waals surface area contributed by atoms with Crippen molar-refractivity contribution in [2.75, 3.05) is 5.75 Å². The van der Waals surface area contributed by atoms with Gasteiger partial charge in [0.15, 0.2) is 5.16 Å². The number of para-hydroxylation sites is 1. The maximum atomic E-state index is 14.0. The Labute approximate surface area is 202 Å². The number of aromatic nitrogens is 4. The summed E-state index contributed by atoms with van der Waals surface area (Å²) in [6.07, 6.45) is 3.09. The third-order valence-corrected chi connectivity index (χ3v) is 9.11. The number of aryl methyl sites for hydroxylation is 2. The fraction of sp³-hybridized carbons (Fsp3) is 0.423. The highest BCUT2D eigenvalue weighted by molar-refractivity contribution is 7.99. The predicted octanol–water partition coefficient (Wildman–Crippen LogP) is 6.22. The summed E-state index contributed by atoms with van der Waals surface area (Å²) in [6.45, 7) is 15.1. The molecule has 7 heteroatoms. The molecule has 1 atom stereocenters. The minimum Gasteiger partial charge on any atom is -0.268 e. The van der Waals surface area contributed by atoms with Gasteiger partial charge < -0.3 is 0 Å². The Morgan fingerprint density at radius 2 is 2.03 bits per heavy atom. The van der Waals surface area contributed by atoms with Crippen LogP contribution in [0.25, 0.3) is 21.7 Å². The Balaban J connectivity index is 1.83. The lowest BCUT2D eigenvalue weighted by atomic mass is 9.72. The molecule has 5 nitrogen and oxygen atoms in total. The average molecular weight is 479 g/mol. The van der Waals surface area contributed by atoms with Gasteiger partial charge in [0.05, 0.1) is 11.1 Å². The fourth-order valence-electron chi connectivity index (χ4n) is 4.79. The molecule has 0 fully saturated rings. The van der Waals surface area contributed by atoms with Crippen molar-refractivity contribution in [3.63, 3.8) is 0 Å². The summed E-state index contributed by atoms with van der Waals surface area (Å²) in [6, 6.07) is 8.00. The first-order chi connectivity index (χ1) is 15.7. The number of hydrogen-bond acceptors (Lipinski definition) is 5. The molecule has 3 aromatic heterocycles. The SMILES string of the molecule is C=C(C)CSc1nnc2n(-c3ccccc3C)c(=O)c3c4c(sc3n12)C[C@@H](C(C)(C)C)CC4. The average Bonchev–Trinajstić information content (AvgIpc) is 3.34. The Kier molecular flexibility index (Phi) is 5.52. The zero-order valence-electron chi connectivity index (χ0n) is 19.9. The van der Waals surface area contributed by atoms with Gasteiger partial charge in [-0.3, -0.25) is 4.79 Å². The highest BCUT2D eigenvalue weighted by Gasteiger charge is 2.33. The Hall–Kier alpha value is -2.38. The van der Waals surface area contributed by atoms with Crippen LogP contribution < -0.4 is 5.56 Å². The first kappa shape index (κ1) is 22.4. The fourth-order valence-corrected chi connectivity index (χ4v) is 7.04. The number of rotatable bonds is 4. The van der Waals surface area contributed by atoms with Gasteiger partial charge in [-0.2, -0.15) is 0 Å². The van der Waals surface area contributed by atoms with Gasteiger partial charge in [0.2, 0.25) is 5.78 Å². The normalized spacial score (nSPS) is 16.5. The number of thioether (sulfide) groups is 1. The van der Waals surface area contributed by atoms with Crippen molar-refractivity contribution in [3.05, 3.63) is 62.8 Å². The highest BCUT2D eigenvalue weighted by Crippen LogP contribution is 2.43. The van der Waals surface area contributed by atoms with Crippen molar-refractivity contribution in [2.45, 2.75) is 59.0 Å². The lowest BCUT2D eigenvalue weighted by Gasteiger charge is -2.33. The van der Waals surface area contributed by atoms with E-state index in [2.05, 4.69) is 41.9 Å². The van der Waals surface area contributed by atoms with Gasteiger partial charge in [-0.1, -0.05) is 62.9 Å². The van der Waals surface area contributed by atoms with Gasteiger partial charge in [0, 0.05) is 10.6 Å². The van der Waals surface area contributed by atoms with E-state index in [-0.39, 0.29) is 11.0 Å². The molecule has 0 bridgehead atoms. The molecule has 0 spiro atoms. The van der Waals surface area contributed by atoms with Crippen molar-refractivity contribution < 1.29 is 0 Å². The smallest absolute Gasteiger partial charge is 0.268 e. The van der Waals surface area contributed by atoms with Crippen LogP contribution in [0.5, 0.6) is 0 Å². The number of thiophene rings is 1. The zero-order valence-corrected chi connectivity index (χ0v) is 21.6. The van der Waals surface area contributed by atoms with E-state index < -0.39 is 0 Å². The van der Waals surface area contributed by atoms with Gasteiger partial charge in [-0.15, -0.1) is 21.5 Å². The largest absolute Gasteiger partial charge is 0.268 e. The first-order valence-corrected chi connectivity index (χ1v) is 13.2. The predicted molar refractivity (Wildman–Crippen MR) is 139 cm³/mol. The van der Waals surface area contributed by atoms with Gasteiger partial charge in [0.25, 0.3) is 5.56 Å². The molecule has 5 rings (SSSR count). The Morgan fingerprint density at radius 1 is 1.27 bits per heavy atom. The van der Waals surface area contributed by atoms with Crippen LogP contribution in [-0.2, 0) is 12.8 Å². The second-order valence-electron chi connectivity index (χ2n) is 10.3. The summed E-state index contributed by atoms with van der Waals surface area (Å²) in [5.41, 5.74) is 4.48. The molecular formula is C26H30N4OS2. The minimum absolute atomic E-state index is 0.0161. The van der Waals surface area contributed by atoms with Crippen molar-refractivity contribution >= 4 is 39.1 Å². The zero-order chi connectivity index (χ0) is 23.5. The van der Waals surface area contributed by atoms with Crippen molar-refractivity contribution in [2.24, 2.45) is 11.3 Å². The molecule has 0 unspecified atom stereocenters. The van der Waals surface area contributed by atoms with Crippen LogP contribution >= 0.6 is 23.1 Å². The number of nitrogens with zero attached hydrogens (tertiary/aromatic N) is 4. The summed E-state index contributed by atoms with van der Waals surface area (Å²) in [5, 5.41) is 10.7. The Morgan fingerprint density at radius 3 is 2.73 bits per heavy atom. The monoisotopic (exact) mass is 478 g/mol. The highest BCUT2D eigenvalue weighted by atomic mass is 32.2. The van der Waals surface area contributed by atoms with Crippen LogP contribution in [0.15, 0.2) is 46.4 Å². The maximum absolute atomic E-state index is 14.0. The summed E-state index contributed by atoms with van der Waals surface area (Å²) >= 11 is 3.38. The van der Waals surface area contributed by atoms with E-state index in [1.165, 1.54) is 10.4 Å². The van der Waals surface area contributed by atoms with Crippen LogP contribution in [-0.4, -0.2) is 24.9 Å². The molecule has 0 aliphatic heterocycles. The molecule has 0 amide bonds. The van der Waals surface area contributed by atoms with E-state index in [0.717, 1.165) is 57.2 Å². The summed E-state index contributed by atoms with van der Waals surface area (Å²) in [4.78, 5) is 16.4. The number of benzene rings is 1. The van der Waals surface area contributed by atoms with E-state index >= 15 is 0 Å². The second kappa shape index (κ2) is 8.13. The van der Waals surface area contributed by atoms with Crippen LogP contribution in [0.2, 0.25) is 0 Å². The van der Waals surface area contributed by atoms with Crippen LogP contribution in [0.4, 0.5) is 0 Å². The third kappa shape index (κ3) is 3.75. The van der Waals surface area contributed by atoms with E-state index in [9.17, 15) is 4.79 Å². The summed E-state index contributed by atoms with van der Waals surface area (Å²) in [5.74, 6) is 1.96. The lowest BCUT2D eigenvalue weighted by molar-refractivity contribution is 0.218. The van der Waals surface area contributed by atoms with E-state index in [4.69, 9.17) is 0 Å². The van der Waals surface area contributed by atoms with Crippen molar-refractivity contribution in [1.82, 2.24) is 19.2 Å². The van der Waals surface area contributed by atoms with Crippen LogP contribution in [0.1, 0.15) is 50.1 Å². The first-order valence-electron chi connectivity index (χ1n) is 11.4. The molecule has 33 heavy (non-hydrogen) atoms. The summed E-state index contributed by atoms with van der Waals surface area (Å²) in [7, 11) is 0. The molecule has 3 heterocycles. The molecule has 1 aromatic carbocycles. The molecule has 0 N–H and O–H groups in total. The summed E-state index contributed by atoms with van der Waals surface area (Å²) < 4.78 is 3.87. The lowest BCUT2D eigenvalue weighted by Crippen LogP contribution is -2.27. The van der Waals surface area contributed by atoms with E-state index in [0.29, 0.717) is 11.7 Å². The molecule has 0 saturated carbocycles. The molecule has 1 aliphatic carbocycles. The van der Waals surface area contributed by atoms with Crippen LogP contribution in [0, 0.1) is 18.3 Å². The second-order valence-corrected chi connectivity index (χ2v) is 12.3. The van der Waals surface area contributed by atoms with Gasteiger partial charge >= 0.3 is 0 Å². The third-order valence-electron chi connectivity index (χ3n) is 6.71. The maximum Gasteiger partial charge on any atom is 0.268 e. The van der Waals surface area contributed by atoms with Crippen molar-refractivity contribution in [1.29, 1.82) is 0 Å². The molecular weight excluding hydrogens is 448 g/mol. The van der Waals surface area contributed by atoms with Gasteiger partial charge in [-0.05, 0) is 61.6 Å². The van der Waals surface area contributed by atoms with E-state index in [1.807, 2.05) is 38.1 Å². The number of hydrogen-bond donors (Lipinski definition) is 0. The Bertz CT molecular complexity index is 1450. The van der Waals surface area contributed by atoms with Crippen molar-refractivity contribution in [3.8, 4) is 5.69 Å². The topological polar surface area (TPSA) is 52.2 Å². The van der Waals surface area contributed by atoms with Crippen LogP contribution in [0.3, 0.4) is 0 Å². The van der Waals surface area contributed by atoms with E-state index in [1.54, 1.807) is 27.7 Å². The quantitative estimate of drug-likeness (QED) is 0.258. The molecule has 4 aromatic rings. The molecule has 172 valence electrons. The molecule has 0 radical (unpaired) electrons. The molecule has 0 saturated heterocycles. The molecule has 1 aliphatic rings. The standard InChI is InChI=1S/C26H30N4OS2/c1-15(2)14-32-25-28-27-24-29(19-10-8-7-9-16(19)3)22(31)21-18-12-11-17(26(4,5)6)13-20(18)33-23(21)30(24)25/h7-10,17H,1,11-14H2,2-6H3/t17-/m0/s1. The number of fused-ring (bicyclic) bond motifs is 5. The van der Waals surface area contributed by atoms with Gasteiger partial charge in [-0.25, -0.2) is 8.97 Å². The van der Waals surface area contributed by atoms with Gasteiger partial charge in [0.1, 0.15) is 4.83 Å².